The van der Waals surface area contributed by atoms with Crippen LogP contribution in [0.4, 0.5) is 4.79 Å². The normalized spacial score (nSPS) is 12.8. The van der Waals surface area contributed by atoms with Gasteiger partial charge in [0.2, 0.25) is 5.60 Å². The number of aryl methyl sites for hydroxylation is 1. The minimum absolute atomic E-state index is 0.0789. The Kier molecular flexibility index (Phi) is 10.5. The zero-order valence-electron chi connectivity index (χ0n) is 24.7. The SMILES string of the molecule is CCCCc1nc(SC)c(C(C)(O)C(=O)O)n1Cc1ccc(-c2ccccc2S(=O)(=O)NC(=O)OCc2ccccc2)cc1. The Morgan fingerprint density at radius 1 is 1.00 bits per heavy atom. The van der Waals surface area contributed by atoms with Gasteiger partial charge in [0.25, 0.3) is 10.0 Å². The van der Waals surface area contributed by atoms with Gasteiger partial charge in [-0.25, -0.2) is 27.7 Å². The first-order valence-electron chi connectivity index (χ1n) is 14.0. The number of nitrogens with one attached hydrogen (secondary N) is 1. The smallest absolute Gasteiger partial charge is 0.421 e. The number of carboxylic acid groups (broad SMARTS) is 1. The van der Waals surface area contributed by atoms with Gasteiger partial charge in [0.05, 0.1) is 10.6 Å². The van der Waals surface area contributed by atoms with E-state index in [2.05, 4.69) is 11.9 Å². The third-order valence-electron chi connectivity index (χ3n) is 7.05. The second kappa shape index (κ2) is 14.1. The fourth-order valence-corrected chi connectivity index (χ4v) is 6.54. The number of aliphatic carboxylic acids is 1. The van der Waals surface area contributed by atoms with Crippen molar-refractivity contribution in [2.45, 2.75) is 61.8 Å². The fraction of sp³-hybridized carbons (Fsp3) is 0.281. The number of thioether (sulfide) groups is 1. The van der Waals surface area contributed by atoms with Gasteiger partial charge in [-0.1, -0.05) is 86.1 Å². The van der Waals surface area contributed by atoms with Crippen LogP contribution in [0.2, 0.25) is 0 Å². The maximum absolute atomic E-state index is 13.2. The first-order valence-corrected chi connectivity index (χ1v) is 16.7. The molecule has 4 rings (SSSR count). The molecule has 3 aromatic carbocycles. The third-order valence-corrected chi connectivity index (χ3v) is 9.09. The van der Waals surface area contributed by atoms with Gasteiger partial charge in [-0.2, -0.15) is 0 Å². The zero-order chi connectivity index (χ0) is 31.9. The Balaban J connectivity index is 1.60. The molecule has 232 valence electrons. The monoisotopic (exact) mass is 637 g/mol. The number of imidazole rings is 1. The molecule has 1 aromatic heterocycles. The van der Waals surface area contributed by atoms with Crippen molar-refractivity contribution in [3.63, 3.8) is 0 Å². The first kappa shape index (κ1) is 32.8. The molecule has 1 unspecified atom stereocenters. The molecule has 0 aliphatic rings. The third kappa shape index (κ3) is 7.50. The van der Waals surface area contributed by atoms with E-state index in [1.807, 2.05) is 22.9 Å². The lowest BCUT2D eigenvalue weighted by molar-refractivity contribution is -0.158. The molecule has 1 amide bonds. The van der Waals surface area contributed by atoms with Crippen LogP contribution in [0.3, 0.4) is 0 Å². The Hall–Kier alpha value is -4.13. The van der Waals surface area contributed by atoms with E-state index in [1.165, 1.54) is 24.8 Å². The lowest BCUT2D eigenvalue weighted by atomic mass is 10.0. The van der Waals surface area contributed by atoms with E-state index in [-0.39, 0.29) is 23.7 Å². The maximum atomic E-state index is 13.2. The number of carbonyl (C=O) groups is 2. The molecular formula is C32H35N3O7S2. The van der Waals surface area contributed by atoms with Gasteiger partial charge in [0.1, 0.15) is 17.5 Å². The van der Waals surface area contributed by atoms with E-state index in [4.69, 9.17) is 4.74 Å². The summed E-state index contributed by atoms with van der Waals surface area (Å²) in [6.45, 7) is 3.47. The first-order chi connectivity index (χ1) is 21.0. The number of carbonyl (C=O) groups excluding carboxylic acids is 1. The van der Waals surface area contributed by atoms with Crippen molar-refractivity contribution in [3.8, 4) is 11.1 Å². The highest BCUT2D eigenvalue weighted by Crippen LogP contribution is 2.33. The van der Waals surface area contributed by atoms with Crippen molar-refractivity contribution in [2.24, 2.45) is 0 Å². The molecule has 0 aliphatic carbocycles. The van der Waals surface area contributed by atoms with Gasteiger partial charge in [0, 0.05) is 18.5 Å². The molecule has 3 N–H and O–H groups in total. The number of rotatable bonds is 13. The summed E-state index contributed by atoms with van der Waals surface area (Å²) in [7, 11) is -4.27. The summed E-state index contributed by atoms with van der Waals surface area (Å²) in [6.07, 6.45) is 3.08. The van der Waals surface area contributed by atoms with Crippen molar-refractivity contribution >= 4 is 33.8 Å². The maximum Gasteiger partial charge on any atom is 0.421 e. The van der Waals surface area contributed by atoms with Crippen LogP contribution < -0.4 is 4.72 Å². The highest BCUT2D eigenvalue weighted by atomic mass is 32.2. The van der Waals surface area contributed by atoms with Crippen molar-refractivity contribution in [3.05, 3.63) is 102 Å². The van der Waals surface area contributed by atoms with Crippen LogP contribution in [0.15, 0.2) is 88.8 Å². The summed E-state index contributed by atoms with van der Waals surface area (Å²) in [5.41, 5.74) is 0.547. The van der Waals surface area contributed by atoms with Gasteiger partial charge in [-0.3, -0.25) is 0 Å². The largest absolute Gasteiger partial charge is 0.479 e. The van der Waals surface area contributed by atoms with Crippen molar-refractivity contribution < 1.29 is 33.0 Å². The lowest BCUT2D eigenvalue weighted by Crippen LogP contribution is -2.35. The highest BCUT2D eigenvalue weighted by molar-refractivity contribution is 7.98. The summed E-state index contributed by atoms with van der Waals surface area (Å²) in [6, 6.07) is 22.4. The average molecular weight is 638 g/mol. The molecule has 0 aliphatic heterocycles. The lowest BCUT2D eigenvalue weighted by Gasteiger charge is -2.22. The standard InChI is InChI=1S/C32H35N3O7S2/c1-4-5-15-27-33-29(43-3)28(32(2,39)30(36)37)35(27)20-22-16-18-24(19-17-22)25-13-9-10-14-26(25)44(40,41)34-31(38)42-21-23-11-7-6-8-12-23/h6-14,16-19,39H,4-5,15,20-21H2,1-3H3,(H,34,38)(H,36,37). The predicted octanol–water partition coefficient (Wildman–Crippen LogP) is 5.57. The molecule has 0 saturated heterocycles. The minimum Gasteiger partial charge on any atom is -0.479 e. The van der Waals surface area contributed by atoms with Crippen LogP contribution in [0, 0.1) is 0 Å². The molecule has 0 saturated carbocycles. The van der Waals surface area contributed by atoms with E-state index in [0.29, 0.717) is 28.4 Å². The van der Waals surface area contributed by atoms with E-state index >= 15 is 0 Å². The van der Waals surface area contributed by atoms with Gasteiger partial charge < -0.3 is 19.5 Å². The van der Waals surface area contributed by atoms with Crippen LogP contribution in [0.1, 0.15) is 49.3 Å². The summed E-state index contributed by atoms with van der Waals surface area (Å²) >= 11 is 1.28. The van der Waals surface area contributed by atoms with Crippen LogP contribution in [0.25, 0.3) is 11.1 Å². The molecule has 12 heteroatoms. The summed E-state index contributed by atoms with van der Waals surface area (Å²) in [5, 5.41) is 21.2. The van der Waals surface area contributed by atoms with Gasteiger partial charge in [-0.05, 0) is 42.4 Å². The molecule has 0 spiro atoms. The molecule has 0 radical (unpaired) electrons. The summed E-state index contributed by atoms with van der Waals surface area (Å²) < 4.78 is 35.2. The van der Waals surface area contributed by atoms with E-state index in [9.17, 15) is 28.2 Å². The minimum atomic E-state index is -4.27. The summed E-state index contributed by atoms with van der Waals surface area (Å²) in [4.78, 5) is 28.9. The van der Waals surface area contributed by atoms with E-state index in [1.54, 1.807) is 65.4 Å². The van der Waals surface area contributed by atoms with Crippen LogP contribution in [0.5, 0.6) is 0 Å². The zero-order valence-corrected chi connectivity index (χ0v) is 26.3. The quantitative estimate of drug-likeness (QED) is 0.160. The number of benzene rings is 3. The number of hydrogen-bond acceptors (Lipinski definition) is 8. The van der Waals surface area contributed by atoms with Crippen molar-refractivity contribution in [1.82, 2.24) is 14.3 Å². The predicted molar refractivity (Wildman–Crippen MR) is 168 cm³/mol. The Labute approximate surface area is 261 Å². The van der Waals surface area contributed by atoms with Gasteiger partial charge in [0.15, 0.2) is 0 Å². The Bertz CT molecular complexity index is 1720. The van der Waals surface area contributed by atoms with Crippen molar-refractivity contribution in [1.29, 1.82) is 0 Å². The number of carboxylic acids is 1. The molecule has 4 aromatic rings. The average Bonchev–Trinajstić information content (AvgIpc) is 3.37. The Morgan fingerprint density at radius 3 is 2.30 bits per heavy atom. The summed E-state index contributed by atoms with van der Waals surface area (Å²) in [5.74, 6) is -0.694. The second-order valence-electron chi connectivity index (χ2n) is 10.3. The van der Waals surface area contributed by atoms with E-state index < -0.39 is 27.7 Å². The van der Waals surface area contributed by atoms with E-state index in [0.717, 1.165) is 24.0 Å². The molecule has 44 heavy (non-hydrogen) atoms. The number of aromatic nitrogens is 2. The fourth-order valence-electron chi connectivity index (χ4n) is 4.71. The topological polar surface area (TPSA) is 148 Å². The van der Waals surface area contributed by atoms with Crippen LogP contribution >= 0.6 is 11.8 Å². The number of amides is 1. The highest BCUT2D eigenvalue weighted by Gasteiger charge is 2.39. The number of ether oxygens (including phenoxy) is 1. The Morgan fingerprint density at radius 2 is 1.66 bits per heavy atom. The molecule has 10 nitrogen and oxygen atoms in total. The number of aliphatic hydroxyl groups is 1. The van der Waals surface area contributed by atoms with Crippen LogP contribution in [-0.2, 0) is 44.7 Å². The number of hydrogen-bond donors (Lipinski definition) is 3. The number of unbranched alkanes of at least 4 members (excludes halogenated alkanes) is 1. The second-order valence-corrected chi connectivity index (χ2v) is 12.8. The molecular weight excluding hydrogens is 603 g/mol. The molecule has 1 atom stereocenters. The number of sulfonamides is 1. The van der Waals surface area contributed by atoms with Gasteiger partial charge >= 0.3 is 12.1 Å². The van der Waals surface area contributed by atoms with Crippen molar-refractivity contribution in [2.75, 3.05) is 6.26 Å². The molecule has 0 fully saturated rings. The molecule has 1 heterocycles. The number of nitrogens with zero attached hydrogens (tertiary/aromatic N) is 2. The molecule has 0 bridgehead atoms. The van der Waals surface area contributed by atoms with Gasteiger partial charge in [-0.15, -0.1) is 11.8 Å². The van der Waals surface area contributed by atoms with Crippen LogP contribution in [-0.4, -0.2) is 46.5 Å².